The maximum absolute atomic E-state index is 5.98. The molecule has 2 aliphatic rings. The van der Waals surface area contributed by atoms with E-state index in [0.29, 0.717) is 0 Å². The van der Waals surface area contributed by atoms with Crippen LogP contribution in [0.25, 0.3) is 0 Å². The number of rotatable bonds is 6. The van der Waals surface area contributed by atoms with Gasteiger partial charge in [0.15, 0.2) is 5.82 Å². The summed E-state index contributed by atoms with van der Waals surface area (Å²) >= 11 is 0. The third-order valence-corrected chi connectivity index (χ3v) is 4.12. The topological polar surface area (TPSA) is 47.0 Å². The monoisotopic (exact) mass is 261 g/mol. The first-order valence-electron chi connectivity index (χ1n) is 7.51. The summed E-state index contributed by atoms with van der Waals surface area (Å²) in [5.41, 5.74) is 0.956. The van der Waals surface area contributed by atoms with Crippen LogP contribution in [0.1, 0.15) is 56.8 Å². The van der Waals surface area contributed by atoms with Crippen LogP contribution in [-0.4, -0.2) is 22.6 Å². The molecule has 1 N–H and O–H groups in total. The molecule has 2 fully saturated rings. The summed E-state index contributed by atoms with van der Waals surface area (Å²) in [7, 11) is 0. The summed E-state index contributed by atoms with van der Waals surface area (Å²) in [6.45, 7) is 3.66. The maximum atomic E-state index is 5.98. The predicted octanol–water partition coefficient (Wildman–Crippen LogP) is 2.53. The van der Waals surface area contributed by atoms with E-state index in [1.807, 2.05) is 19.3 Å². The number of hydrogen-bond donors (Lipinski definition) is 1. The van der Waals surface area contributed by atoms with Crippen molar-refractivity contribution >= 4 is 0 Å². The van der Waals surface area contributed by atoms with Crippen molar-refractivity contribution in [2.75, 3.05) is 6.61 Å². The van der Waals surface area contributed by atoms with Gasteiger partial charge >= 0.3 is 0 Å². The molecule has 3 rings (SSSR count). The molecule has 0 aromatic carbocycles. The Morgan fingerprint density at radius 1 is 1.26 bits per heavy atom. The zero-order chi connectivity index (χ0) is 13.1. The zero-order valence-electron chi connectivity index (χ0n) is 11.7. The fourth-order valence-electron chi connectivity index (χ4n) is 2.89. The first-order chi connectivity index (χ1) is 9.32. The highest BCUT2D eigenvalue weighted by Crippen LogP contribution is 2.40. The fraction of sp³-hybridized carbons (Fsp3) is 0.733. The van der Waals surface area contributed by atoms with Crippen LogP contribution in [0.5, 0.6) is 0 Å². The standard InChI is InChI=1S/C15H23N3O/c1-2-19-15(7-3-4-8-15)14-17-10-12(11-18-14)9-16-13-5-6-13/h10-11,13,16H,2-9H2,1H3. The van der Waals surface area contributed by atoms with Gasteiger partial charge in [0, 0.05) is 37.2 Å². The summed E-state index contributed by atoms with van der Waals surface area (Å²) in [5.74, 6) is 0.877. The molecule has 19 heavy (non-hydrogen) atoms. The second-order valence-electron chi connectivity index (χ2n) is 5.70. The highest BCUT2D eigenvalue weighted by Gasteiger charge is 2.39. The van der Waals surface area contributed by atoms with Gasteiger partial charge in [-0.15, -0.1) is 0 Å². The normalized spacial score (nSPS) is 21.7. The molecule has 0 saturated heterocycles. The van der Waals surface area contributed by atoms with Gasteiger partial charge in [-0.25, -0.2) is 9.97 Å². The molecule has 0 unspecified atom stereocenters. The number of nitrogens with one attached hydrogen (secondary N) is 1. The lowest BCUT2D eigenvalue weighted by molar-refractivity contribution is -0.0457. The molecule has 0 atom stereocenters. The SMILES string of the molecule is CCOC1(c2ncc(CNC3CC3)cn2)CCCC1. The van der Waals surface area contributed by atoms with Crippen LogP contribution < -0.4 is 5.32 Å². The Balaban J connectivity index is 1.68. The van der Waals surface area contributed by atoms with Gasteiger partial charge in [0.1, 0.15) is 5.60 Å². The van der Waals surface area contributed by atoms with Crippen molar-refractivity contribution in [3.8, 4) is 0 Å². The predicted molar refractivity (Wildman–Crippen MR) is 73.7 cm³/mol. The van der Waals surface area contributed by atoms with Gasteiger partial charge in [0.2, 0.25) is 0 Å². The molecule has 0 spiro atoms. The summed E-state index contributed by atoms with van der Waals surface area (Å²) in [6.07, 6.45) is 11.1. The highest BCUT2D eigenvalue weighted by molar-refractivity contribution is 5.11. The van der Waals surface area contributed by atoms with Gasteiger partial charge in [0.25, 0.3) is 0 Å². The van der Waals surface area contributed by atoms with Gasteiger partial charge in [-0.05, 0) is 45.4 Å². The molecular weight excluding hydrogens is 238 g/mol. The summed E-state index contributed by atoms with van der Waals surface area (Å²) < 4.78 is 5.98. The third kappa shape index (κ3) is 2.95. The summed E-state index contributed by atoms with van der Waals surface area (Å²) in [4.78, 5) is 9.15. The number of aromatic nitrogens is 2. The Morgan fingerprint density at radius 3 is 2.53 bits per heavy atom. The van der Waals surface area contributed by atoms with E-state index in [1.54, 1.807) is 0 Å². The molecule has 0 radical (unpaired) electrons. The minimum atomic E-state index is -0.211. The first-order valence-corrected chi connectivity index (χ1v) is 7.51. The lowest BCUT2D eigenvalue weighted by Crippen LogP contribution is -2.29. The van der Waals surface area contributed by atoms with Crippen molar-refractivity contribution in [2.45, 2.75) is 63.6 Å². The molecule has 104 valence electrons. The molecule has 2 aliphatic carbocycles. The van der Waals surface area contributed by atoms with Crippen LogP contribution >= 0.6 is 0 Å². The van der Waals surface area contributed by atoms with Crippen LogP contribution in [0.2, 0.25) is 0 Å². The molecule has 0 bridgehead atoms. The zero-order valence-corrected chi connectivity index (χ0v) is 11.7. The fourth-order valence-corrected chi connectivity index (χ4v) is 2.89. The minimum Gasteiger partial charge on any atom is -0.367 e. The van der Waals surface area contributed by atoms with Crippen LogP contribution in [0.3, 0.4) is 0 Å². The first kappa shape index (κ1) is 13.0. The molecular formula is C15H23N3O. The van der Waals surface area contributed by atoms with E-state index in [0.717, 1.165) is 37.9 Å². The van der Waals surface area contributed by atoms with Gasteiger partial charge in [-0.3, -0.25) is 0 Å². The second kappa shape index (κ2) is 5.55. The van der Waals surface area contributed by atoms with E-state index in [9.17, 15) is 0 Å². The van der Waals surface area contributed by atoms with Crippen LogP contribution in [0, 0.1) is 0 Å². The van der Waals surface area contributed by atoms with E-state index in [1.165, 1.54) is 31.2 Å². The van der Waals surface area contributed by atoms with Crippen molar-refractivity contribution in [3.63, 3.8) is 0 Å². The van der Waals surface area contributed by atoms with Crippen molar-refractivity contribution < 1.29 is 4.74 Å². The van der Waals surface area contributed by atoms with E-state index < -0.39 is 0 Å². The van der Waals surface area contributed by atoms with Gasteiger partial charge in [-0.2, -0.15) is 0 Å². The Hall–Kier alpha value is -1.00. The van der Waals surface area contributed by atoms with Crippen LogP contribution in [0.4, 0.5) is 0 Å². The quantitative estimate of drug-likeness (QED) is 0.855. The number of nitrogens with zero attached hydrogens (tertiary/aromatic N) is 2. The summed E-state index contributed by atoms with van der Waals surface area (Å²) in [6, 6.07) is 0.726. The Kier molecular flexibility index (Phi) is 3.80. The van der Waals surface area contributed by atoms with Crippen molar-refractivity contribution in [1.29, 1.82) is 0 Å². The highest BCUT2D eigenvalue weighted by atomic mass is 16.5. The molecule has 0 amide bonds. The third-order valence-electron chi connectivity index (χ3n) is 4.12. The number of hydrogen-bond acceptors (Lipinski definition) is 4. The van der Waals surface area contributed by atoms with Crippen molar-refractivity contribution in [2.24, 2.45) is 0 Å². The largest absolute Gasteiger partial charge is 0.367 e. The van der Waals surface area contributed by atoms with Crippen LogP contribution in [-0.2, 0) is 16.9 Å². The van der Waals surface area contributed by atoms with E-state index >= 15 is 0 Å². The number of ether oxygens (including phenoxy) is 1. The average Bonchev–Trinajstić information content (AvgIpc) is 3.16. The van der Waals surface area contributed by atoms with Crippen molar-refractivity contribution in [1.82, 2.24) is 15.3 Å². The Labute approximate surface area is 115 Å². The van der Waals surface area contributed by atoms with E-state index in [4.69, 9.17) is 4.74 Å². The molecule has 2 saturated carbocycles. The average molecular weight is 261 g/mol. The molecule has 1 heterocycles. The van der Waals surface area contributed by atoms with Gasteiger partial charge < -0.3 is 10.1 Å². The molecule has 4 heteroatoms. The smallest absolute Gasteiger partial charge is 0.160 e. The van der Waals surface area contributed by atoms with E-state index in [-0.39, 0.29) is 5.60 Å². The molecule has 1 aromatic heterocycles. The maximum Gasteiger partial charge on any atom is 0.160 e. The molecule has 1 aromatic rings. The Bertz CT molecular complexity index is 408. The lowest BCUT2D eigenvalue weighted by atomic mass is 10.0. The summed E-state index contributed by atoms with van der Waals surface area (Å²) in [5, 5.41) is 3.49. The lowest BCUT2D eigenvalue weighted by Gasteiger charge is -2.27. The van der Waals surface area contributed by atoms with Crippen molar-refractivity contribution in [3.05, 3.63) is 23.8 Å². The molecule has 0 aliphatic heterocycles. The second-order valence-corrected chi connectivity index (χ2v) is 5.70. The minimum absolute atomic E-state index is 0.211. The molecule has 4 nitrogen and oxygen atoms in total. The van der Waals surface area contributed by atoms with Crippen LogP contribution in [0.15, 0.2) is 12.4 Å². The van der Waals surface area contributed by atoms with Gasteiger partial charge in [-0.1, -0.05) is 0 Å². The Morgan fingerprint density at radius 2 is 1.95 bits per heavy atom. The van der Waals surface area contributed by atoms with E-state index in [2.05, 4.69) is 15.3 Å². The van der Waals surface area contributed by atoms with Gasteiger partial charge in [0.05, 0.1) is 0 Å².